The van der Waals surface area contributed by atoms with Gasteiger partial charge in [-0.15, -0.1) is 0 Å². The molecule has 2 saturated heterocycles. The number of likely N-dealkylation sites (tertiary alicyclic amines) is 1. The zero-order valence-corrected chi connectivity index (χ0v) is 17.6. The SMILES string of the molecule is CCNC(=NCc1ccnc(N2CCOC(C)C2)c1)N1CCCC(CC(N)=O)C1. The topological polar surface area (TPSA) is 96.1 Å². The number of nitrogens with one attached hydrogen (secondary N) is 1. The first-order valence-corrected chi connectivity index (χ1v) is 10.7. The van der Waals surface area contributed by atoms with E-state index in [1.54, 1.807) is 0 Å². The molecule has 3 N–H and O–H groups in total. The van der Waals surface area contributed by atoms with E-state index in [4.69, 9.17) is 15.5 Å². The monoisotopic (exact) mass is 402 g/mol. The Balaban J connectivity index is 1.67. The quantitative estimate of drug-likeness (QED) is 0.551. The molecule has 0 bridgehead atoms. The van der Waals surface area contributed by atoms with Crippen LogP contribution in [0.1, 0.15) is 38.7 Å². The Morgan fingerprint density at radius 2 is 2.28 bits per heavy atom. The van der Waals surface area contributed by atoms with E-state index in [1.807, 2.05) is 12.3 Å². The molecule has 160 valence electrons. The van der Waals surface area contributed by atoms with Crippen LogP contribution in [-0.4, -0.2) is 67.2 Å². The normalized spacial score (nSPS) is 23.2. The van der Waals surface area contributed by atoms with Gasteiger partial charge >= 0.3 is 0 Å². The molecule has 2 aliphatic rings. The number of primary amides is 1. The van der Waals surface area contributed by atoms with Crippen molar-refractivity contribution in [2.75, 3.05) is 44.2 Å². The van der Waals surface area contributed by atoms with Crippen molar-refractivity contribution in [1.29, 1.82) is 0 Å². The third-order valence-electron chi connectivity index (χ3n) is 5.43. The molecule has 0 radical (unpaired) electrons. The van der Waals surface area contributed by atoms with Gasteiger partial charge in [0.2, 0.25) is 5.91 Å². The van der Waals surface area contributed by atoms with Crippen molar-refractivity contribution in [3.8, 4) is 0 Å². The van der Waals surface area contributed by atoms with E-state index in [0.717, 1.165) is 69.5 Å². The van der Waals surface area contributed by atoms with Crippen molar-refractivity contribution in [3.05, 3.63) is 23.9 Å². The van der Waals surface area contributed by atoms with E-state index in [9.17, 15) is 4.79 Å². The number of aromatic nitrogens is 1. The average Bonchev–Trinajstić information content (AvgIpc) is 2.71. The van der Waals surface area contributed by atoms with E-state index in [-0.39, 0.29) is 12.0 Å². The summed E-state index contributed by atoms with van der Waals surface area (Å²) in [6.07, 6.45) is 4.63. The number of carbonyl (C=O) groups is 1. The third kappa shape index (κ3) is 6.32. The van der Waals surface area contributed by atoms with Crippen molar-refractivity contribution in [1.82, 2.24) is 15.2 Å². The first-order chi connectivity index (χ1) is 14.0. The lowest BCUT2D eigenvalue weighted by atomic mass is 9.95. The van der Waals surface area contributed by atoms with Gasteiger partial charge in [0.05, 0.1) is 19.3 Å². The van der Waals surface area contributed by atoms with Crippen LogP contribution in [0.4, 0.5) is 5.82 Å². The Labute approximate surface area is 173 Å². The maximum atomic E-state index is 11.3. The van der Waals surface area contributed by atoms with Gasteiger partial charge in [0.25, 0.3) is 0 Å². The summed E-state index contributed by atoms with van der Waals surface area (Å²) in [5.41, 5.74) is 6.54. The van der Waals surface area contributed by atoms with Gasteiger partial charge in [-0.3, -0.25) is 4.79 Å². The summed E-state index contributed by atoms with van der Waals surface area (Å²) in [5, 5.41) is 3.40. The number of piperidine rings is 1. The molecule has 3 heterocycles. The number of carbonyl (C=O) groups excluding carboxylic acids is 1. The molecular formula is C21H34N6O2. The van der Waals surface area contributed by atoms with Gasteiger partial charge < -0.3 is 25.6 Å². The number of guanidine groups is 1. The van der Waals surface area contributed by atoms with Crippen molar-refractivity contribution >= 4 is 17.7 Å². The van der Waals surface area contributed by atoms with Crippen LogP contribution in [0.2, 0.25) is 0 Å². The molecule has 8 nitrogen and oxygen atoms in total. The molecule has 1 aromatic heterocycles. The number of amides is 1. The molecule has 3 rings (SSSR count). The lowest BCUT2D eigenvalue weighted by Crippen LogP contribution is -2.47. The van der Waals surface area contributed by atoms with Crippen LogP contribution in [0.25, 0.3) is 0 Å². The molecule has 0 aromatic carbocycles. The minimum atomic E-state index is -0.222. The van der Waals surface area contributed by atoms with E-state index < -0.39 is 0 Å². The lowest BCUT2D eigenvalue weighted by Gasteiger charge is -2.34. The number of rotatable bonds is 6. The van der Waals surface area contributed by atoms with E-state index in [0.29, 0.717) is 18.9 Å². The van der Waals surface area contributed by atoms with Crippen LogP contribution in [-0.2, 0) is 16.1 Å². The Bertz CT molecular complexity index is 710. The van der Waals surface area contributed by atoms with Crippen molar-refractivity contribution < 1.29 is 9.53 Å². The number of aliphatic imine (C=N–C) groups is 1. The van der Waals surface area contributed by atoms with Crippen LogP contribution >= 0.6 is 0 Å². The van der Waals surface area contributed by atoms with Gasteiger partial charge in [-0.2, -0.15) is 0 Å². The molecule has 29 heavy (non-hydrogen) atoms. The fourth-order valence-electron chi connectivity index (χ4n) is 4.06. The third-order valence-corrected chi connectivity index (χ3v) is 5.43. The van der Waals surface area contributed by atoms with Crippen LogP contribution in [0, 0.1) is 5.92 Å². The van der Waals surface area contributed by atoms with Crippen molar-refractivity contribution in [2.24, 2.45) is 16.6 Å². The highest BCUT2D eigenvalue weighted by Crippen LogP contribution is 2.20. The largest absolute Gasteiger partial charge is 0.375 e. The lowest BCUT2D eigenvalue weighted by molar-refractivity contribution is -0.119. The minimum Gasteiger partial charge on any atom is -0.375 e. The number of morpholine rings is 1. The summed E-state index contributed by atoms with van der Waals surface area (Å²) in [6, 6.07) is 4.14. The number of anilines is 1. The molecule has 0 aliphatic carbocycles. The molecular weight excluding hydrogens is 368 g/mol. The van der Waals surface area contributed by atoms with Crippen LogP contribution in [0.15, 0.2) is 23.3 Å². The van der Waals surface area contributed by atoms with Gasteiger partial charge in [-0.25, -0.2) is 9.98 Å². The predicted octanol–water partition coefficient (Wildman–Crippen LogP) is 1.36. The number of ether oxygens (including phenoxy) is 1. The molecule has 2 aliphatic heterocycles. The van der Waals surface area contributed by atoms with Gasteiger partial charge in [0.15, 0.2) is 5.96 Å². The first-order valence-electron chi connectivity index (χ1n) is 10.7. The molecule has 1 amide bonds. The number of hydrogen-bond acceptors (Lipinski definition) is 5. The highest BCUT2D eigenvalue weighted by atomic mass is 16.5. The minimum absolute atomic E-state index is 0.222. The summed E-state index contributed by atoms with van der Waals surface area (Å²) >= 11 is 0. The number of pyridine rings is 1. The summed E-state index contributed by atoms with van der Waals surface area (Å²) in [6.45, 7) is 9.79. The Morgan fingerprint density at radius 1 is 1.41 bits per heavy atom. The van der Waals surface area contributed by atoms with E-state index >= 15 is 0 Å². The molecule has 1 aromatic rings. The van der Waals surface area contributed by atoms with Gasteiger partial charge in [0.1, 0.15) is 5.82 Å². The fraction of sp³-hybridized carbons (Fsp3) is 0.667. The second kappa shape index (κ2) is 10.4. The van der Waals surface area contributed by atoms with Gasteiger partial charge in [0, 0.05) is 45.3 Å². The van der Waals surface area contributed by atoms with Crippen LogP contribution < -0.4 is 16.0 Å². The summed E-state index contributed by atoms with van der Waals surface area (Å²) in [4.78, 5) is 25.2. The van der Waals surface area contributed by atoms with Crippen LogP contribution in [0.3, 0.4) is 0 Å². The maximum Gasteiger partial charge on any atom is 0.217 e. The molecule has 2 atom stereocenters. The molecule has 0 spiro atoms. The van der Waals surface area contributed by atoms with Crippen LogP contribution in [0.5, 0.6) is 0 Å². The standard InChI is InChI=1S/C21H34N6O2/c1-3-23-21(27-8-4-5-18(15-27)11-19(22)28)25-13-17-6-7-24-20(12-17)26-9-10-29-16(2)14-26/h6-7,12,16,18H,3-5,8-11,13-15H2,1-2H3,(H2,22,28)(H,23,25). The fourth-order valence-corrected chi connectivity index (χ4v) is 4.06. The predicted molar refractivity (Wildman–Crippen MR) is 115 cm³/mol. The van der Waals surface area contributed by atoms with E-state index in [2.05, 4.69) is 40.0 Å². The highest BCUT2D eigenvalue weighted by Gasteiger charge is 2.23. The molecule has 2 unspecified atom stereocenters. The molecule has 0 saturated carbocycles. The first kappa shape index (κ1) is 21.4. The molecule has 8 heteroatoms. The summed E-state index contributed by atoms with van der Waals surface area (Å²) in [7, 11) is 0. The van der Waals surface area contributed by atoms with Crippen molar-refractivity contribution in [3.63, 3.8) is 0 Å². The summed E-state index contributed by atoms with van der Waals surface area (Å²) < 4.78 is 5.63. The van der Waals surface area contributed by atoms with Gasteiger partial charge in [-0.1, -0.05) is 0 Å². The van der Waals surface area contributed by atoms with E-state index in [1.165, 1.54) is 0 Å². The average molecular weight is 403 g/mol. The number of nitrogens with zero attached hydrogens (tertiary/aromatic N) is 4. The zero-order chi connectivity index (χ0) is 20.6. The zero-order valence-electron chi connectivity index (χ0n) is 17.6. The second-order valence-corrected chi connectivity index (χ2v) is 7.94. The van der Waals surface area contributed by atoms with Gasteiger partial charge in [-0.05, 0) is 50.3 Å². The number of nitrogens with two attached hydrogens (primary N) is 1. The Kier molecular flexibility index (Phi) is 7.69. The second-order valence-electron chi connectivity index (χ2n) is 7.94. The Hall–Kier alpha value is -2.35. The van der Waals surface area contributed by atoms with Crippen molar-refractivity contribution in [2.45, 2.75) is 45.8 Å². The maximum absolute atomic E-state index is 11.3. The molecule has 2 fully saturated rings. The smallest absolute Gasteiger partial charge is 0.217 e. The summed E-state index contributed by atoms with van der Waals surface area (Å²) in [5.74, 6) is 1.97. The number of hydrogen-bond donors (Lipinski definition) is 2. The Morgan fingerprint density at radius 3 is 3.03 bits per heavy atom. The highest BCUT2D eigenvalue weighted by molar-refractivity contribution is 5.80.